The zero-order valence-corrected chi connectivity index (χ0v) is 12.6. The highest BCUT2D eigenvalue weighted by atomic mass is 19.1. The van der Waals surface area contributed by atoms with Crippen LogP contribution in [0.15, 0.2) is 42.5 Å². The Morgan fingerprint density at radius 2 is 1.90 bits per heavy atom. The fourth-order valence-electron chi connectivity index (χ4n) is 2.19. The van der Waals surface area contributed by atoms with Crippen LogP contribution >= 0.6 is 0 Å². The van der Waals surface area contributed by atoms with Crippen LogP contribution in [0, 0.1) is 5.82 Å². The lowest BCUT2D eigenvalue weighted by Crippen LogP contribution is -2.23. The van der Waals surface area contributed by atoms with Crippen molar-refractivity contribution in [1.29, 1.82) is 0 Å². The number of pyridine rings is 1. The molecule has 0 aliphatic rings. The van der Waals surface area contributed by atoms with E-state index >= 15 is 0 Å². The normalized spacial score (nSPS) is 10.4. The summed E-state index contributed by atoms with van der Waals surface area (Å²) in [5.74, 6) is 0.679. The van der Waals surface area contributed by atoms with E-state index in [9.17, 15) is 4.39 Å². The van der Waals surface area contributed by atoms with Crippen molar-refractivity contribution < 1.29 is 4.39 Å². The van der Waals surface area contributed by atoms with Gasteiger partial charge in [0.2, 0.25) is 0 Å². The van der Waals surface area contributed by atoms with E-state index in [1.54, 1.807) is 12.1 Å². The predicted octanol–water partition coefficient (Wildman–Crippen LogP) is 4.07. The number of nitrogens with one attached hydrogen (secondary N) is 1. The van der Waals surface area contributed by atoms with Gasteiger partial charge < -0.3 is 10.2 Å². The molecule has 1 N–H and O–H groups in total. The fourth-order valence-corrected chi connectivity index (χ4v) is 2.19. The van der Waals surface area contributed by atoms with Gasteiger partial charge in [-0.2, -0.15) is 0 Å². The van der Waals surface area contributed by atoms with Crippen molar-refractivity contribution in [3.63, 3.8) is 0 Å². The van der Waals surface area contributed by atoms with Gasteiger partial charge in [-0.25, -0.2) is 9.37 Å². The van der Waals surface area contributed by atoms with Gasteiger partial charge in [0.1, 0.15) is 11.6 Å². The molecule has 112 valence electrons. The van der Waals surface area contributed by atoms with E-state index in [1.165, 1.54) is 6.07 Å². The largest absolute Gasteiger partial charge is 0.370 e. The molecule has 3 nitrogen and oxygen atoms in total. The first-order chi connectivity index (χ1) is 10.2. The van der Waals surface area contributed by atoms with E-state index in [2.05, 4.69) is 17.2 Å². The van der Waals surface area contributed by atoms with Crippen molar-refractivity contribution in [3.05, 3.63) is 54.0 Å². The third kappa shape index (κ3) is 4.18. The number of anilines is 2. The van der Waals surface area contributed by atoms with E-state index in [0.717, 1.165) is 31.0 Å². The molecular weight excluding hydrogens is 265 g/mol. The standard InChI is InChI=1S/C17H22FN3/c1-3-12-19-17-11-7-8-14(20-17)13-21(4-2)16-10-6-5-9-15(16)18/h5-11H,3-4,12-13H2,1-2H3,(H,19,20). The monoisotopic (exact) mass is 287 g/mol. The molecule has 0 radical (unpaired) electrons. The lowest BCUT2D eigenvalue weighted by molar-refractivity contribution is 0.617. The summed E-state index contributed by atoms with van der Waals surface area (Å²) >= 11 is 0. The van der Waals surface area contributed by atoms with Crippen LogP contribution in [0.25, 0.3) is 0 Å². The molecule has 0 fully saturated rings. The van der Waals surface area contributed by atoms with Crippen LogP contribution < -0.4 is 10.2 Å². The molecule has 0 spiro atoms. The Labute approximate surface area is 125 Å². The van der Waals surface area contributed by atoms with Crippen LogP contribution in [0.2, 0.25) is 0 Å². The molecule has 1 aromatic carbocycles. The Balaban J connectivity index is 2.13. The summed E-state index contributed by atoms with van der Waals surface area (Å²) in [6.45, 7) is 6.37. The number of hydrogen-bond acceptors (Lipinski definition) is 3. The van der Waals surface area contributed by atoms with E-state index in [0.29, 0.717) is 12.2 Å². The van der Waals surface area contributed by atoms with Crippen LogP contribution in [0.4, 0.5) is 15.9 Å². The van der Waals surface area contributed by atoms with Gasteiger partial charge in [0.05, 0.1) is 17.9 Å². The van der Waals surface area contributed by atoms with Crippen LogP contribution in [0.1, 0.15) is 26.0 Å². The summed E-state index contributed by atoms with van der Waals surface area (Å²) < 4.78 is 13.9. The molecule has 0 amide bonds. The number of rotatable bonds is 7. The third-order valence-electron chi connectivity index (χ3n) is 3.29. The van der Waals surface area contributed by atoms with Gasteiger partial charge in [-0.3, -0.25) is 0 Å². The van der Waals surface area contributed by atoms with Gasteiger partial charge in [-0.05, 0) is 37.6 Å². The minimum absolute atomic E-state index is 0.195. The summed E-state index contributed by atoms with van der Waals surface area (Å²) in [6.07, 6.45) is 1.06. The van der Waals surface area contributed by atoms with Gasteiger partial charge in [-0.1, -0.05) is 25.1 Å². The van der Waals surface area contributed by atoms with Crippen LogP contribution in [-0.4, -0.2) is 18.1 Å². The number of aromatic nitrogens is 1. The molecule has 2 rings (SSSR count). The third-order valence-corrected chi connectivity index (χ3v) is 3.29. The minimum atomic E-state index is -0.195. The van der Waals surface area contributed by atoms with Crippen molar-refractivity contribution in [2.45, 2.75) is 26.8 Å². The maximum atomic E-state index is 13.9. The Kier molecular flexibility index (Phi) is 5.55. The van der Waals surface area contributed by atoms with Gasteiger partial charge in [0.15, 0.2) is 0 Å². The zero-order chi connectivity index (χ0) is 15.1. The highest BCUT2D eigenvalue weighted by Gasteiger charge is 2.10. The summed E-state index contributed by atoms with van der Waals surface area (Å²) in [7, 11) is 0. The topological polar surface area (TPSA) is 28.2 Å². The first kappa shape index (κ1) is 15.3. The van der Waals surface area contributed by atoms with E-state index in [-0.39, 0.29) is 5.82 Å². The molecule has 0 aliphatic heterocycles. The summed E-state index contributed by atoms with van der Waals surface area (Å²) in [6, 6.07) is 12.8. The number of hydrogen-bond donors (Lipinski definition) is 1. The number of benzene rings is 1. The lowest BCUT2D eigenvalue weighted by atomic mass is 10.2. The summed E-state index contributed by atoms with van der Waals surface area (Å²) in [5, 5.41) is 3.27. The molecule has 1 aromatic heterocycles. The first-order valence-electron chi connectivity index (χ1n) is 7.43. The Morgan fingerprint density at radius 3 is 2.62 bits per heavy atom. The maximum absolute atomic E-state index is 13.9. The summed E-state index contributed by atoms with van der Waals surface area (Å²) in [4.78, 5) is 6.57. The van der Waals surface area contributed by atoms with Crippen LogP contribution in [0.3, 0.4) is 0 Å². The van der Waals surface area contributed by atoms with Crippen molar-refractivity contribution >= 4 is 11.5 Å². The molecule has 2 aromatic rings. The van der Waals surface area contributed by atoms with Crippen molar-refractivity contribution in [3.8, 4) is 0 Å². The van der Waals surface area contributed by atoms with Gasteiger partial charge in [-0.15, -0.1) is 0 Å². The molecule has 0 saturated carbocycles. The molecule has 0 atom stereocenters. The molecule has 0 aliphatic carbocycles. The van der Waals surface area contributed by atoms with Crippen LogP contribution in [0.5, 0.6) is 0 Å². The lowest BCUT2D eigenvalue weighted by Gasteiger charge is -2.23. The summed E-state index contributed by atoms with van der Waals surface area (Å²) in [5.41, 5.74) is 1.55. The molecular formula is C17H22FN3. The minimum Gasteiger partial charge on any atom is -0.370 e. The highest BCUT2D eigenvalue weighted by Crippen LogP contribution is 2.20. The Morgan fingerprint density at radius 1 is 1.10 bits per heavy atom. The molecule has 21 heavy (non-hydrogen) atoms. The van der Waals surface area contributed by atoms with Crippen LogP contribution in [-0.2, 0) is 6.54 Å². The fraction of sp³-hybridized carbons (Fsp3) is 0.353. The average Bonchev–Trinajstić information content (AvgIpc) is 2.52. The Hall–Kier alpha value is -2.10. The van der Waals surface area contributed by atoms with E-state index in [4.69, 9.17) is 0 Å². The maximum Gasteiger partial charge on any atom is 0.146 e. The second-order valence-electron chi connectivity index (χ2n) is 4.91. The van der Waals surface area contributed by atoms with E-state index in [1.807, 2.05) is 36.1 Å². The van der Waals surface area contributed by atoms with Crippen molar-refractivity contribution in [1.82, 2.24) is 4.98 Å². The van der Waals surface area contributed by atoms with E-state index < -0.39 is 0 Å². The second-order valence-corrected chi connectivity index (χ2v) is 4.91. The number of nitrogens with zero attached hydrogens (tertiary/aromatic N) is 2. The average molecular weight is 287 g/mol. The Bertz CT molecular complexity index is 571. The molecule has 1 heterocycles. The van der Waals surface area contributed by atoms with Crippen molar-refractivity contribution in [2.24, 2.45) is 0 Å². The van der Waals surface area contributed by atoms with Gasteiger partial charge in [0, 0.05) is 13.1 Å². The SMILES string of the molecule is CCCNc1cccc(CN(CC)c2ccccc2F)n1. The van der Waals surface area contributed by atoms with Gasteiger partial charge in [0.25, 0.3) is 0 Å². The zero-order valence-electron chi connectivity index (χ0n) is 12.6. The molecule has 4 heteroatoms. The first-order valence-corrected chi connectivity index (χ1v) is 7.43. The van der Waals surface area contributed by atoms with Crippen molar-refractivity contribution in [2.75, 3.05) is 23.3 Å². The molecule has 0 unspecified atom stereocenters. The highest BCUT2D eigenvalue weighted by molar-refractivity contribution is 5.48. The smallest absolute Gasteiger partial charge is 0.146 e. The second kappa shape index (κ2) is 7.62. The molecule has 0 saturated heterocycles. The molecule has 0 bridgehead atoms. The quantitative estimate of drug-likeness (QED) is 0.832. The predicted molar refractivity (Wildman–Crippen MR) is 86.1 cm³/mol. The van der Waals surface area contributed by atoms with Gasteiger partial charge >= 0.3 is 0 Å². The number of halogens is 1. The number of para-hydroxylation sites is 1.